The third-order valence-corrected chi connectivity index (χ3v) is 4.07. The number of nitrogens with zero attached hydrogens (tertiary/aromatic N) is 2. The van der Waals surface area contributed by atoms with Gasteiger partial charge in [-0.05, 0) is 30.2 Å². The molecule has 25 heavy (non-hydrogen) atoms. The number of aryl methyl sites for hydroxylation is 1. The molecule has 1 aromatic carbocycles. The topological polar surface area (TPSA) is 104 Å². The standard InChI is InChI=1S/C17H15N3O5/c1-2-7-19-15(23)16(24)20(17(19)25)9-13(21)11-3-5-12-10(8-11)4-6-14(22)18-12/h2-3,5,8H,1,4,6-7,9H2,(H,18,22). The van der Waals surface area contributed by atoms with Crippen LogP contribution in [0.1, 0.15) is 22.3 Å². The van der Waals surface area contributed by atoms with E-state index in [2.05, 4.69) is 11.9 Å². The molecular formula is C17H15N3O5. The van der Waals surface area contributed by atoms with Gasteiger partial charge in [0.15, 0.2) is 5.78 Å². The first kappa shape index (κ1) is 16.6. The maximum Gasteiger partial charge on any atom is 0.334 e. The molecule has 0 aliphatic carbocycles. The third kappa shape index (κ3) is 2.93. The van der Waals surface area contributed by atoms with E-state index < -0.39 is 30.2 Å². The number of imide groups is 2. The summed E-state index contributed by atoms with van der Waals surface area (Å²) in [6.07, 6.45) is 2.17. The highest BCUT2D eigenvalue weighted by molar-refractivity contribution is 6.45. The van der Waals surface area contributed by atoms with Crippen LogP contribution in [-0.2, 0) is 20.8 Å². The van der Waals surface area contributed by atoms with Crippen LogP contribution in [-0.4, -0.2) is 52.4 Å². The minimum atomic E-state index is -1.02. The second-order valence-corrected chi connectivity index (χ2v) is 5.72. The van der Waals surface area contributed by atoms with Gasteiger partial charge in [-0.15, -0.1) is 6.58 Å². The van der Waals surface area contributed by atoms with Gasteiger partial charge in [-0.2, -0.15) is 0 Å². The molecule has 0 aromatic heterocycles. The molecule has 8 nitrogen and oxygen atoms in total. The van der Waals surface area contributed by atoms with Crippen molar-refractivity contribution in [3.8, 4) is 0 Å². The average Bonchev–Trinajstić information content (AvgIpc) is 2.79. The van der Waals surface area contributed by atoms with Gasteiger partial charge in [-0.3, -0.25) is 24.1 Å². The van der Waals surface area contributed by atoms with Gasteiger partial charge in [0, 0.05) is 24.2 Å². The Labute approximate surface area is 143 Å². The summed E-state index contributed by atoms with van der Waals surface area (Å²) in [7, 11) is 0. The maximum atomic E-state index is 12.4. The van der Waals surface area contributed by atoms with E-state index >= 15 is 0 Å². The molecule has 2 aliphatic rings. The molecule has 0 spiro atoms. The van der Waals surface area contributed by atoms with Crippen molar-refractivity contribution in [2.24, 2.45) is 0 Å². The Morgan fingerprint density at radius 3 is 2.56 bits per heavy atom. The maximum absolute atomic E-state index is 12.4. The highest BCUT2D eigenvalue weighted by Crippen LogP contribution is 2.24. The molecule has 0 radical (unpaired) electrons. The van der Waals surface area contributed by atoms with Gasteiger partial charge in [-0.1, -0.05) is 6.08 Å². The van der Waals surface area contributed by atoms with Crippen LogP contribution < -0.4 is 5.32 Å². The molecule has 2 aliphatic heterocycles. The van der Waals surface area contributed by atoms with Crippen LogP contribution in [0, 0.1) is 0 Å². The van der Waals surface area contributed by atoms with Crippen LogP contribution in [0.4, 0.5) is 10.5 Å². The van der Waals surface area contributed by atoms with Crippen molar-refractivity contribution in [3.05, 3.63) is 42.0 Å². The van der Waals surface area contributed by atoms with E-state index in [0.717, 1.165) is 10.5 Å². The van der Waals surface area contributed by atoms with Crippen molar-refractivity contribution >= 4 is 35.2 Å². The van der Waals surface area contributed by atoms with Crippen molar-refractivity contribution in [1.29, 1.82) is 0 Å². The summed E-state index contributed by atoms with van der Waals surface area (Å²) < 4.78 is 0. The number of rotatable bonds is 5. The zero-order chi connectivity index (χ0) is 18.1. The molecule has 8 heteroatoms. The van der Waals surface area contributed by atoms with Crippen LogP contribution in [0.25, 0.3) is 0 Å². The highest BCUT2D eigenvalue weighted by Gasteiger charge is 2.44. The van der Waals surface area contributed by atoms with Crippen molar-refractivity contribution in [2.75, 3.05) is 18.4 Å². The SMILES string of the molecule is C=CCN1C(=O)C(=O)N(CC(=O)c2ccc3c(c2)CCC(=O)N3)C1=O. The summed E-state index contributed by atoms with van der Waals surface area (Å²) in [5.41, 5.74) is 1.77. The van der Waals surface area contributed by atoms with Crippen LogP contribution in [0.5, 0.6) is 0 Å². The summed E-state index contributed by atoms with van der Waals surface area (Å²) in [4.78, 5) is 61.0. The van der Waals surface area contributed by atoms with Crippen molar-refractivity contribution in [2.45, 2.75) is 12.8 Å². The first-order chi connectivity index (χ1) is 11.9. The Hall–Kier alpha value is -3.29. The number of fused-ring (bicyclic) bond motifs is 1. The monoisotopic (exact) mass is 341 g/mol. The number of amides is 5. The summed E-state index contributed by atoms with van der Waals surface area (Å²) in [5, 5.41) is 2.71. The number of ketones is 1. The van der Waals surface area contributed by atoms with Crippen molar-refractivity contribution in [3.63, 3.8) is 0 Å². The molecular weight excluding hydrogens is 326 g/mol. The van der Waals surface area contributed by atoms with Gasteiger partial charge in [0.25, 0.3) is 0 Å². The largest absolute Gasteiger partial charge is 0.334 e. The Morgan fingerprint density at radius 1 is 1.12 bits per heavy atom. The number of carbonyl (C=O) groups is 5. The molecule has 5 amide bonds. The lowest BCUT2D eigenvalue weighted by Crippen LogP contribution is -2.37. The number of hydrogen-bond acceptors (Lipinski definition) is 5. The zero-order valence-electron chi connectivity index (χ0n) is 13.3. The Balaban J connectivity index is 1.77. The number of urea groups is 1. The average molecular weight is 341 g/mol. The molecule has 1 saturated heterocycles. The molecule has 0 atom stereocenters. The Morgan fingerprint density at radius 2 is 1.84 bits per heavy atom. The van der Waals surface area contributed by atoms with E-state index in [1.54, 1.807) is 12.1 Å². The number of nitrogens with one attached hydrogen (secondary N) is 1. The molecule has 3 rings (SSSR count). The summed E-state index contributed by atoms with van der Waals surface area (Å²) in [6.45, 7) is 2.82. The van der Waals surface area contributed by atoms with Crippen LogP contribution in [0.2, 0.25) is 0 Å². The van der Waals surface area contributed by atoms with Gasteiger partial charge >= 0.3 is 17.8 Å². The molecule has 2 heterocycles. The highest BCUT2D eigenvalue weighted by atomic mass is 16.2. The lowest BCUT2D eigenvalue weighted by molar-refractivity contribution is -0.142. The van der Waals surface area contributed by atoms with Gasteiger partial charge < -0.3 is 5.32 Å². The zero-order valence-corrected chi connectivity index (χ0v) is 13.3. The Kier molecular flexibility index (Phi) is 4.18. The van der Waals surface area contributed by atoms with Crippen LogP contribution in [0.3, 0.4) is 0 Å². The van der Waals surface area contributed by atoms with Crippen molar-refractivity contribution < 1.29 is 24.0 Å². The van der Waals surface area contributed by atoms with E-state index in [1.165, 1.54) is 12.1 Å². The molecule has 0 unspecified atom stereocenters. The first-order valence-corrected chi connectivity index (χ1v) is 7.66. The van der Waals surface area contributed by atoms with Gasteiger partial charge in [0.2, 0.25) is 5.91 Å². The molecule has 128 valence electrons. The van der Waals surface area contributed by atoms with E-state index in [9.17, 15) is 24.0 Å². The molecule has 1 N–H and O–H groups in total. The van der Waals surface area contributed by atoms with Gasteiger partial charge in [-0.25, -0.2) is 9.69 Å². The Bertz CT molecular complexity index is 830. The minimum absolute atomic E-state index is 0.0827. The first-order valence-electron chi connectivity index (χ1n) is 7.66. The fourth-order valence-corrected chi connectivity index (χ4v) is 2.77. The third-order valence-electron chi connectivity index (χ3n) is 4.07. The smallest absolute Gasteiger partial charge is 0.326 e. The normalized spacial score (nSPS) is 16.8. The number of Topliss-reactive ketones (excluding diaryl/α,β-unsaturated/α-hetero) is 1. The van der Waals surface area contributed by atoms with Crippen LogP contribution in [0.15, 0.2) is 30.9 Å². The minimum Gasteiger partial charge on any atom is -0.326 e. The van der Waals surface area contributed by atoms with E-state index in [4.69, 9.17) is 0 Å². The lowest BCUT2D eigenvalue weighted by Gasteiger charge is -2.18. The second-order valence-electron chi connectivity index (χ2n) is 5.72. The van der Waals surface area contributed by atoms with Crippen molar-refractivity contribution in [1.82, 2.24) is 9.80 Å². The molecule has 0 saturated carbocycles. The number of hydrogen-bond donors (Lipinski definition) is 1. The van der Waals surface area contributed by atoms with E-state index in [0.29, 0.717) is 29.0 Å². The second kappa shape index (κ2) is 6.31. The predicted molar refractivity (Wildman–Crippen MR) is 86.7 cm³/mol. The quantitative estimate of drug-likeness (QED) is 0.368. The summed E-state index contributed by atoms with van der Waals surface area (Å²) in [5.74, 6) is -2.54. The number of carbonyl (C=O) groups excluding carboxylic acids is 5. The summed E-state index contributed by atoms with van der Waals surface area (Å²) in [6, 6.07) is 3.93. The summed E-state index contributed by atoms with van der Waals surface area (Å²) >= 11 is 0. The van der Waals surface area contributed by atoms with Gasteiger partial charge in [0.1, 0.15) is 0 Å². The fraction of sp³-hybridized carbons (Fsp3) is 0.235. The number of anilines is 1. The number of benzene rings is 1. The van der Waals surface area contributed by atoms with Crippen LogP contribution >= 0.6 is 0 Å². The van der Waals surface area contributed by atoms with Gasteiger partial charge in [0.05, 0.1) is 6.54 Å². The lowest BCUT2D eigenvalue weighted by atomic mass is 9.98. The molecule has 1 fully saturated rings. The van der Waals surface area contributed by atoms with E-state index in [-0.39, 0.29) is 12.5 Å². The predicted octanol–water partition coefficient (Wildman–Crippen LogP) is 0.731. The molecule has 1 aromatic rings. The molecule has 0 bridgehead atoms. The van der Waals surface area contributed by atoms with E-state index in [1.807, 2.05) is 0 Å². The fourth-order valence-electron chi connectivity index (χ4n) is 2.77.